The predicted molar refractivity (Wildman–Crippen MR) is 48.0 cm³/mol. The van der Waals surface area contributed by atoms with Gasteiger partial charge in [0.2, 0.25) is 0 Å². The number of hydrogen-bond donors (Lipinski definition) is 0. The fourth-order valence-corrected chi connectivity index (χ4v) is 1.38. The van der Waals surface area contributed by atoms with Gasteiger partial charge in [0.05, 0.1) is 0 Å². The molecular weight excluding hydrogens is 346 g/mol. The molecule has 2 heteroatoms. The van der Waals surface area contributed by atoms with Crippen LogP contribution in [0.25, 0.3) is 0 Å². The summed E-state index contributed by atoms with van der Waals surface area (Å²) in [6, 6.07) is 0. The van der Waals surface area contributed by atoms with E-state index >= 15 is 0 Å². The maximum Gasteiger partial charge on any atom is 0 e. The van der Waals surface area contributed by atoms with Gasteiger partial charge in [0.15, 0.2) is 0 Å². The van der Waals surface area contributed by atoms with Crippen molar-refractivity contribution in [2.75, 3.05) is 0 Å². The SMILES string of the molecule is C1=CCC([CH-]C2=CC=CC2)=C1.[Cl-].[Hf]. The summed E-state index contributed by atoms with van der Waals surface area (Å²) in [6.07, 6.45) is 17.5. The van der Waals surface area contributed by atoms with E-state index in [1.165, 1.54) is 11.1 Å². The zero-order chi connectivity index (χ0) is 7.52. The van der Waals surface area contributed by atoms with Crippen molar-refractivity contribution in [3.63, 3.8) is 0 Å². The molecule has 0 aliphatic heterocycles. The monoisotopic (exact) mass is 358 g/mol. The van der Waals surface area contributed by atoms with Gasteiger partial charge < -0.3 is 12.4 Å². The Hall–Kier alpha value is -0.00987. The molecule has 0 unspecified atom stereocenters. The Morgan fingerprint density at radius 1 is 0.923 bits per heavy atom. The summed E-state index contributed by atoms with van der Waals surface area (Å²) in [5.41, 5.74) is 2.86. The molecular formula is C11H11ClHf-2. The Kier molecular flexibility index (Phi) is 6.44. The Balaban J connectivity index is 0.000000720. The van der Waals surface area contributed by atoms with Crippen LogP contribution in [0.2, 0.25) is 0 Å². The summed E-state index contributed by atoms with van der Waals surface area (Å²) in [5.74, 6) is 0. The molecule has 0 aromatic carbocycles. The third-order valence-corrected chi connectivity index (χ3v) is 1.97. The van der Waals surface area contributed by atoms with Gasteiger partial charge in [0, 0.05) is 25.8 Å². The van der Waals surface area contributed by atoms with Gasteiger partial charge in [-0.25, -0.2) is 0 Å². The molecule has 13 heavy (non-hydrogen) atoms. The van der Waals surface area contributed by atoms with E-state index in [4.69, 9.17) is 0 Å². The Bertz CT molecular complexity index is 244. The molecule has 0 N–H and O–H groups in total. The minimum atomic E-state index is 0. The molecule has 2 rings (SSSR count). The van der Waals surface area contributed by atoms with Crippen molar-refractivity contribution in [3.05, 3.63) is 54.0 Å². The predicted octanol–water partition coefficient (Wildman–Crippen LogP) is -0.0352. The van der Waals surface area contributed by atoms with Crippen molar-refractivity contribution < 1.29 is 38.3 Å². The first-order valence-electron chi connectivity index (χ1n) is 4.01. The number of rotatable bonds is 2. The van der Waals surface area contributed by atoms with Crippen LogP contribution in [0, 0.1) is 6.42 Å². The first-order chi connectivity index (χ1) is 5.45. The number of allylic oxidation sites excluding steroid dienone is 8. The van der Waals surface area contributed by atoms with E-state index < -0.39 is 0 Å². The van der Waals surface area contributed by atoms with Gasteiger partial charge in [0.1, 0.15) is 0 Å². The van der Waals surface area contributed by atoms with Gasteiger partial charge in [-0.1, -0.05) is 12.2 Å². The van der Waals surface area contributed by atoms with Crippen LogP contribution in [0.5, 0.6) is 0 Å². The summed E-state index contributed by atoms with van der Waals surface area (Å²) in [4.78, 5) is 0. The summed E-state index contributed by atoms with van der Waals surface area (Å²) in [6.45, 7) is 0. The average molecular weight is 357 g/mol. The van der Waals surface area contributed by atoms with Crippen LogP contribution in [-0.4, -0.2) is 0 Å². The maximum atomic E-state index is 2.28. The fourth-order valence-electron chi connectivity index (χ4n) is 1.38. The molecule has 0 bridgehead atoms. The van der Waals surface area contributed by atoms with Gasteiger partial charge in [-0.15, -0.1) is 12.2 Å². The second-order valence-electron chi connectivity index (χ2n) is 2.89. The zero-order valence-electron chi connectivity index (χ0n) is 7.33. The van der Waals surface area contributed by atoms with Crippen LogP contribution >= 0.6 is 0 Å². The van der Waals surface area contributed by atoms with Crippen molar-refractivity contribution in [1.82, 2.24) is 0 Å². The fraction of sp³-hybridized carbons (Fsp3) is 0.182. The van der Waals surface area contributed by atoms with Crippen LogP contribution in [0.3, 0.4) is 0 Å². The molecule has 0 saturated carbocycles. The Labute approximate surface area is 105 Å². The van der Waals surface area contributed by atoms with E-state index in [2.05, 4.69) is 42.9 Å². The summed E-state index contributed by atoms with van der Waals surface area (Å²) in [5, 5.41) is 0. The summed E-state index contributed by atoms with van der Waals surface area (Å²) < 4.78 is 0. The number of hydrogen-bond acceptors (Lipinski definition) is 0. The van der Waals surface area contributed by atoms with Crippen LogP contribution < -0.4 is 12.4 Å². The van der Waals surface area contributed by atoms with Crippen molar-refractivity contribution in [2.24, 2.45) is 0 Å². The molecule has 0 nitrogen and oxygen atoms in total. The van der Waals surface area contributed by atoms with Gasteiger partial charge in [-0.05, 0) is 12.8 Å². The molecule has 0 saturated heterocycles. The second kappa shape index (κ2) is 6.44. The first-order valence-corrected chi connectivity index (χ1v) is 4.01. The third-order valence-electron chi connectivity index (χ3n) is 1.97. The summed E-state index contributed by atoms with van der Waals surface area (Å²) in [7, 11) is 0. The van der Waals surface area contributed by atoms with E-state index in [1.54, 1.807) is 0 Å². The van der Waals surface area contributed by atoms with Crippen molar-refractivity contribution in [1.29, 1.82) is 0 Å². The van der Waals surface area contributed by atoms with Gasteiger partial charge in [0.25, 0.3) is 0 Å². The van der Waals surface area contributed by atoms with Crippen molar-refractivity contribution >= 4 is 0 Å². The molecule has 0 radical (unpaired) electrons. The van der Waals surface area contributed by atoms with Gasteiger partial charge in [-0.3, -0.25) is 0 Å². The van der Waals surface area contributed by atoms with Crippen LogP contribution in [0.4, 0.5) is 0 Å². The summed E-state index contributed by atoms with van der Waals surface area (Å²) >= 11 is 0. The minimum Gasteiger partial charge on any atom is -1.00 e. The first kappa shape index (κ1) is 13.0. The van der Waals surface area contributed by atoms with Crippen molar-refractivity contribution in [3.8, 4) is 0 Å². The second-order valence-corrected chi connectivity index (χ2v) is 2.89. The van der Waals surface area contributed by atoms with E-state index in [-0.39, 0.29) is 38.3 Å². The molecule has 0 aromatic rings. The molecule has 0 fully saturated rings. The zero-order valence-corrected chi connectivity index (χ0v) is 11.7. The quantitative estimate of drug-likeness (QED) is 0.481. The maximum absolute atomic E-state index is 2.28. The molecule has 0 aromatic heterocycles. The molecule has 0 atom stereocenters. The average Bonchev–Trinajstić information content (AvgIpc) is 2.60. The molecule has 2 aliphatic carbocycles. The molecule has 2 aliphatic rings. The van der Waals surface area contributed by atoms with Gasteiger partial charge >= 0.3 is 0 Å². The van der Waals surface area contributed by atoms with E-state index in [1.807, 2.05) is 0 Å². The number of halogens is 1. The molecule has 68 valence electrons. The normalized spacial score (nSPS) is 17.2. The standard InChI is InChI=1S/C11H11.ClH.Hf/c1-2-6-10(5-1)9-11-7-3-4-8-11;;/h1-5,7,9H,6,8H2;1H;/q-1;;/p-1. The Morgan fingerprint density at radius 2 is 1.38 bits per heavy atom. The smallest absolute Gasteiger partial charge is 0 e. The van der Waals surface area contributed by atoms with Gasteiger partial charge in [-0.2, -0.15) is 29.7 Å². The van der Waals surface area contributed by atoms with E-state index in [0.29, 0.717) is 0 Å². The van der Waals surface area contributed by atoms with Crippen LogP contribution in [0.1, 0.15) is 12.8 Å². The van der Waals surface area contributed by atoms with E-state index in [9.17, 15) is 0 Å². The van der Waals surface area contributed by atoms with Crippen molar-refractivity contribution in [2.45, 2.75) is 12.8 Å². The molecule has 0 spiro atoms. The van der Waals surface area contributed by atoms with Crippen LogP contribution in [0.15, 0.2) is 47.6 Å². The van der Waals surface area contributed by atoms with Crippen LogP contribution in [-0.2, 0) is 25.8 Å². The minimum absolute atomic E-state index is 0. The molecule has 0 heterocycles. The topological polar surface area (TPSA) is 0 Å². The largest absolute Gasteiger partial charge is 1.00 e. The molecule has 0 amide bonds. The van der Waals surface area contributed by atoms with E-state index in [0.717, 1.165) is 12.8 Å². The Morgan fingerprint density at radius 3 is 1.69 bits per heavy atom. The third kappa shape index (κ3) is 3.70.